The zero-order valence-corrected chi connectivity index (χ0v) is 14.0. The van der Waals surface area contributed by atoms with Crippen LogP contribution in [0.15, 0.2) is 0 Å². The summed E-state index contributed by atoms with van der Waals surface area (Å²) in [5, 5.41) is 0. The fourth-order valence-corrected chi connectivity index (χ4v) is 2.49. The van der Waals surface area contributed by atoms with Crippen molar-refractivity contribution in [2.24, 2.45) is 0 Å². The van der Waals surface area contributed by atoms with Crippen molar-refractivity contribution in [1.82, 2.24) is 0 Å². The summed E-state index contributed by atoms with van der Waals surface area (Å²) >= 11 is 3.44. The van der Waals surface area contributed by atoms with Gasteiger partial charge in [-0.3, -0.25) is 0 Å². The lowest BCUT2D eigenvalue weighted by Crippen LogP contribution is -2.07. The molecule has 0 aromatic rings. The first-order chi connectivity index (χ1) is 9.68. The van der Waals surface area contributed by atoms with Crippen LogP contribution < -0.4 is 0 Å². The number of unbranched alkanes of at least 4 members (excludes halogenated alkanes) is 12. The molecule has 0 radical (unpaired) electrons. The molecule has 118 valence electrons. The van der Waals surface area contributed by atoms with Crippen LogP contribution >= 0.6 is 12.8 Å². The molecule has 0 rings (SSSR count). The van der Waals surface area contributed by atoms with Crippen molar-refractivity contribution in [3.8, 4) is 0 Å². The molecule has 0 aromatic heterocycles. The standard InChI is InChI=1S/C16H32NO2S/c1-2-3-4-5-6-7-8-9-10-11-12-13-14-15-16(18)17(19)20/h2-15H2,1H3,(H,19,20)/q+1. The molecule has 0 fully saturated rings. The van der Waals surface area contributed by atoms with Gasteiger partial charge in [0.2, 0.25) is 12.8 Å². The number of nitroso groups, excluding NO2 is 1. The topological polar surface area (TPSA) is 37.1 Å². The number of nitrogens with zero attached hydrogens (tertiary/aromatic N) is 1. The van der Waals surface area contributed by atoms with E-state index in [0.717, 1.165) is 12.8 Å². The Hall–Kier alpha value is -0.380. The molecular weight excluding hydrogens is 270 g/mol. The molecule has 1 amide bonds. The number of hydrogen-bond donors (Lipinski definition) is 1. The average Bonchev–Trinajstić information content (AvgIpc) is 2.43. The minimum Gasteiger partial charge on any atom is -0.214 e. The Balaban J connectivity index is 3.06. The van der Waals surface area contributed by atoms with Gasteiger partial charge in [0.25, 0.3) is 0 Å². The smallest absolute Gasteiger partial charge is 0.214 e. The molecule has 0 atom stereocenters. The number of thiol groups is 1. The summed E-state index contributed by atoms with van der Waals surface area (Å²) in [4.78, 5) is 21.5. The number of carbonyl (C=O) groups is 1. The van der Waals surface area contributed by atoms with E-state index in [0.29, 0.717) is 6.42 Å². The lowest BCUT2D eigenvalue weighted by molar-refractivity contribution is -0.307. The van der Waals surface area contributed by atoms with Gasteiger partial charge in [-0.05, 0) is 6.42 Å². The molecule has 20 heavy (non-hydrogen) atoms. The van der Waals surface area contributed by atoms with Crippen molar-refractivity contribution in [3.63, 3.8) is 0 Å². The fourth-order valence-electron chi connectivity index (χ4n) is 2.39. The Kier molecular flexibility index (Phi) is 14.7. The molecule has 0 aliphatic rings. The minimum atomic E-state index is -0.420. The maximum atomic E-state index is 11.0. The van der Waals surface area contributed by atoms with E-state index in [9.17, 15) is 9.70 Å². The maximum absolute atomic E-state index is 11.0. The number of hydrogen-bond acceptors (Lipinski definition) is 2. The van der Waals surface area contributed by atoms with Crippen LogP contribution in [0.25, 0.3) is 0 Å². The monoisotopic (exact) mass is 302 g/mol. The van der Waals surface area contributed by atoms with E-state index in [1.807, 2.05) is 0 Å². The molecule has 4 heteroatoms. The molecule has 0 N–H and O–H groups in total. The summed E-state index contributed by atoms with van der Waals surface area (Å²) < 4.78 is 0.139. The maximum Gasteiger partial charge on any atom is 0.448 e. The molecule has 0 aromatic carbocycles. The van der Waals surface area contributed by atoms with Crippen LogP contribution in [0.2, 0.25) is 0 Å². The molecule has 0 unspecified atom stereocenters. The molecule has 0 spiro atoms. The summed E-state index contributed by atoms with van der Waals surface area (Å²) in [6, 6.07) is 0. The molecule has 0 aliphatic carbocycles. The third-order valence-corrected chi connectivity index (χ3v) is 3.93. The van der Waals surface area contributed by atoms with E-state index in [1.165, 1.54) is 70.6 Å². The van der Waals surface area contributed by atoms with Gasteiger partial charge in [-0.1, -0.05) is 84.0 Å². The van der Waals surface area contributed by atoms with Crippen LogP contribution in [0.3, 0.4) is 0 Å². The first-order valence-corrected chi connectivity index (χ1v) is 8.77. The normalized spacial score (nSPS) is 10.7. The van der Waals surface area contributed by atoms with E-state index in [4.69, 9.17) is 0 Å². The largest absolute Gasteiger partial charge is 0.448 e. The molecule has 3 nitrogen and oxygen atoms in total. The number of rotatable bonds is 14. The quantitative estimate of drug-likeness (QED) is 0.257. The van der Waals surface area contributed by atoms with Gasteiger partial charge in [-0.25, -0.2) is 4.79 Å². The average molecular weight is 303 g/mol. The number of carbonyl (C=O) groups excluding carboxylic acids is 1. The van der Waals surface area contributed by atoms with Gasteiger partial charge >= 0.3 is 5.91 Å². The van der Waals surface area contributed by atoms with Crippen molar-refractivity contribution in [1.29, 1.82) is 0 Å². The summed E-state index contributed by atoms with van der Waals surface area (Å²) in [5.41, 5.74) is 0. The Bertz CT molecular complexity index is 257. The molecular formula is C16H32NO2S+. The zero-order valence-electron chi connectivity index (χ0n) is 13.1. The molecule has 0 saturated carbocycles. The van der Waals surface area contributed by atoms with E-state index in [-0.39, 0.29) is 4.17 Å². The predicted molar refractivity (Wildman–Crippen MR) is 87.9 cm³/mol. The highest BCUT2D eigenvalue weighted by molar-refractivity contribution is 7.74. The van der Waals surface area contributed by atoms with Crippen LogP contribution in [0, 0.1) is 4.91 Å². The van der Waals surface area contributed by atoms with Crippen molar-refractivity contribution in [2.45, 2.75) is 96.8 Å². The minimum absolute atomic E-state index is 0.139. The van der Waals surface area contributed by atoms with Crippen molar-refractivity contribution in [2.75, 3.05) is 0 Å². The fraction of sp³-hybridized carbons (Fsp3) is 0.938. The van der Waals surface area contributed by atoms with Crippen molar-refractivity contribution in [3.05, 3.63) is 4.91 Å². The van der Waals surface area contributed by atoms with Gasteiger partial charge < -0.3 is 0 Å². The second-order valence-corrected chi connectivity index (χ2v) is 6.02. The van der Waals surface area contributed by atoms with Gasteiger partial charge in [-0.15, -0.1) is 0 Å². The molecule has 0 heterocycles. The number of amides is 1. The first kappa shape index (κ1) is 19.6. The van der Waals surface area contributed by atoms with Crippen LogP contribution in [-0.4, -0.2) is 10.1 Å². The second kappa shape index (κ2) is 15.0. The summed E-state index contributed by atoms with van der Waals surface area (Å²) in [6.07, 6.45) is 17.0. The highest BCUT2D eigenvalue weighted by Crippen LogP contribution is 2.13. The van der Waals surface area contributed by atoms with Crippen molar-refractivity contribution >= 4 is 18.7 Å². The van der Waals surface area contributed by atoms with Crippen LogP contribution in [0.1, 0.15) is 96.8 Å². The summed E-state index contributed by atoms with van der Waals surface area (Å²) in [5.74, 6) is -0.420. The molecule has 0 bridgehead atoms. The van der Waals surface area contributed by atoms with Crippen LogP contribution in [-0.2, 0) is 4.79 Å². The van der Waals surface area contributed by atoms with Gasteiger partial charge in [-0.2, -0.15) is 0 Å². The van der Waals surface area contributed by atoms with Crippen LogP contribution in [0.5, 0.6) is 0 Å². The van der Waals surface area contributed by atoms with Gasteiger partial charge in [0, 0.05) is 4.91 Å². The van der Waals surface area contributed by atoms with E-state index in [1.54, 1.807) is 0 Å². The predicted octanol–water partition coefficient (Wildman–Crippen LogP) is 5.62. The lowest BCUT2D eigenvalue weighted by Gasteiger charge is -2.02. The first-order valence-electron chi connectivity index (χ1n) is 8.37. The lowest BCUT2D eigenvalue weighted by atomic mass is 10.0. The zero-order chi connectivity index (χ0) is 15.1. The summed E-state index contributed by atoms with van der Waals surface area (Å²) in [6.45, 7) is 2.26. The molecule has 0 aliphatic heterocycles. The van der Waals surface area contributed by atoms with Crippen molar-refractivity contribution < 1.29 is 8.96 Å². The van der Waals surface area contributed by atoms with E-state index >= 15 is 0 Å². The Morgan fingerprint density at radius 1 is 0.750 bits per heavy atom. The Morgan fingerprint density at radius 2 is 1.10 bits per heavy atom. The van der Waals surface area contributed by atoms with Gasteiger partial charge in [0.05, 0.1) is 6.42 Å². The Morgan fingerprint density at radius 3 is 1.45 bits per heavy atom. The Labute approximate surface area is 130 Å². The SMILES string of the molecule is CCCCCCCCCCCCCCCC(=O)[N+](=O)S. The molecule has 0 saturated heterocycles. The highest BCUT2D eigenvalue weighted by Gasteiger charge is 2.16. The van der Waals surface area contributed by atoms with Gasteiger partial charge in [0.1, 0.15) is 4.17 Å². The van der Waals surface area contributed by atoms with E-state index in [2.05, 4.69) is 19.7 Å². The van der Waals surface area contributed by atoms with Gasteiger partial charge in [0.15, 0.2) is 0 Å². The van der Waals surface area contributed by atoms with Crippen LogP contribution in [0.4, 0.5) is 0 Å². The van der Waals surface area contributed by atoms with E-state index < -0.39 is 5.91 Å². The summed E-state index contributed by atoms with van der Waals surface area (Å²) in [7, 11) is 0. The third-order valence-electron chi connectivity index (χ3n) is 3.71. The highest BCUT2D eigenvalue weighted by atomic mass is 32.1. The second-order valence-electron chi connectivity index (χ2n) is 5.66. The third kappa shape index (κ3) is 14.0.